The fraction of sp³-hybridized carbons (Fsp3) is 0.120. The second-order valence-corrected chi connectivity index (χ2v) is 7.51. The molecule has 0 bridgehead atoms. The van der Waals surface area contributed by atoms with Gasteiger partial charge in [0.2, 0.25) is 0 Å². The monoisotopic (exact) mass is 411 g/mol. The standard InChI is InChI=1S/C25H21N3O3/c29-24-15-31-23-12-17(10-11-22(23)28-24)25(30)27-13-19(16-6-2-1-3-7-16)20-14-26-21-9-5-4-8-18(20)21/h1-12,14,19,26H,13,15H2,(H,27,30)(H,28,29)/t19-/m0/s1. The first-order valence-electron chi connectivity index (χ1n) is 10.1. The van der Waals surface area contributed by atoms with Gasteiger partial charge in [-0.05, 0) is 35.4 Å². The Morgan fingerprint density at radius 2 is 1.84 bits per heavy atom. The molecule has 0 spiro atoms. The van der Waals surface area contributed by atoms with Gasteiger partial charge in [0.15, 0.2) is 6.61 Å². The fourth-order valence-electron chi connectivity index (χ4n) is 3.99. The van der Waals surface area contributed by atoms with Gasteiger partial charge in [-0.15, -0.1) is 0 Å². The molecular weight excluding hydrogens is 390 g/mol. The van der Waals surface area contributed by atoms with Crippen LogP contribution in [-0.4, -0.2) is 29.9 Å². The third kappa shape index (κ3) is 3.75. The van der Waals surface area contributed by atoms with Crippen molar-refractivity contribution >= 4 is 28.4 Å². The van der Waals surface area contributed by atoms with Crippen LogP contribution in [0.25, 0.3) is 10.9 Å². The molecule has 1 aliphatic heterocycles. The van der Waals surface area contributed by atoms with Crippen molar-refractivity contribution in [1.82, 2.24) is 10.3 Å². The molecule has 154 valence electrons. The van der Waals surface area contributed by atoms with Crippen LogP contribution in [-0.2, 0) is 4.79 Å². The van der Waals surface area contributed by atoms with Gasteiger partial charge in [0.05, 0.1) is 5.69 Å². The molecule has 4 aromatic rings. The first-order valence-corrected chi connectivity index (χ1v) is 10.1. The predicted molar refractivity (Wildman–Crippen MR) is 119 cm³/mol. The van der Waals surface area contributed by atoms with Gasteiger partial charge < -0.3 is 20.4 Å². The van der Waals surface area contributed by atoms with Crippen LogP contribution >= 0.6 is 0 Å². The molecule has 3 N–H and O–H groups in total. The predicted octanol–water partition coefficient (Wildman–Crippen LogP) is 4.06. The molecule has 31 heavy (non-hydrogen) atoms. The van der Waals surface area contributed by atoms with Gasteiger partial charge in [0.25, 0.3) is 11.8 Å². The van der Waals surface area contributed by atoms with Crippen LogP contribution in [0.2, 0.25) is 0 Å². The van der Waals surface area contributed by atoms with E-state index in [-0.39, 0.29) is 24.3 Å². The van der Waals surface area contributed by atoms with Crippen molar-refractivity contribution in [3.05, 3.63) is 95.7 Å². The lowest BCUT2D eigenvalue weighted by Crippen LogP contribution is -2.29. The molecule has 6 heteroatoms. The van der Waals surface area contributed by atoms with Gasteiger partial charge >= 0.3 is 0 Å². The second kappa shape index (κ2) is 7.99. The summed E-state index contributed by atoms with van der Waals surface area (Å²) in [6.45, 7) is 0.397. The number of aromatic amines is 1. The molecule has 0 saturated carbocycles. The average Bonchev–Trinajstić information content (AvgIpc) is 3.23. The summed E-state index contributed by atoms with van der Waals surface area (Å²) in [5, 5.41) is 6.95. The number of anilines is 1. The number of carbonyl (C=O) groups excluding carboxylic acids is 2. The highest BCUT2D eigenvalue weighted by molar-refractivity contribution is 5.99. The molecule has 0 radical (unpaired) electrons. The van der Waals surface area contributed by atoms with Crippen LogP contribution in [0, 0.1) is 0 Å². The van der Waals surface area contributed by atoms with Gasteiger partial charge in [-0.1, -0.05) is 48.5 Å². The third-order valence-electron chi connectivity index (χ3n) is 5.54. The number of ether oxygens (including phenoxy) is 1. The number of rotatable bonds is 5. The fourth-order valence-corrected chi connectivity index (χ4v) is 3.99. The molecular formula is C25H21N3O3. The lowest BCUT2D eigenvalue weighted by molar-refractivity contribution is -0.118. The average molecular weight is 411 g/mol. The summed E-state index contributed by atoms with van der Waals surface area (Å²) < 4.78 is 5.43. The smallest absolute Gasteiger partial charge is 0.262 e. The van der Waals surface area contributed by atoms with Gasteiger partial charge in [0.1, 0.15) is 5.75 Å². The second-order valence-electron chi connectivity index (χ2n) is 7.51. The molecule has 5 rings (SSSR count). The van der Waals surface area contributed by atoms with Gasteiger partial charge in [-0.2, -0.15) is 0 Å². The number of aromatic nitrogens is 1. The van der Waals surface area contributed by atoms with Gasteiger partial charge in [-0.25, -0.2) is 0 Å². The molecule has 0 unspecified atom stereocenters. The van der Waals surface area contributed by atoms with Crippen LogP contribution in [0.5, 0.6) is 5.75 Å². The summed E-state index contributed by atoms with van der Waals surface area (Å²) in [4.78, 5) is 27.7. The van der Waals surface area contributed by atoms with Crippen molar-refractivity contribution in [3.63, 3.8) is 0 Å². The quantitative estimate of drug-likeness (QED) is 0.463. The number of fused-ring (bicyclic) bond motifs is 2. The summed E-state index contributed by atoms with van der Waals surface area (Å²) in [5.41, 5.74) is 4.40. The zero-order valence-corrected chi connectivity index (χ0v) is 16.7. The zero-order chi connectivity index (χ0) is 21.2. The Bertz CT molecular complexity index is 1260. The maximum Gasteiger partial charge on any atom is 0.262 e. The molecule has 0 saturated heterocycles. The van der Waals surface area contributed by atoms with E-state index < -0.39 is 0 Å². The summed E-state index contributed by atoms with van der Waals surface area (Å²) in [7, 11) is 0. The Morgan fingerprint density at radius 1 is 1.03 bits per heavy atom. The van der Waals surface area contributed by atoms with Crippen molar-refractivity contribution in [2.75, 3.05) is 18.5 Å². The number of hydrogen-bond acceptors (Lipinski definition) is 3. The minimum Gasteiger partial charge on any atom is -0.482 e. The van der Waals surface area contributed by atoms with Crippen LogP contribution in [0.1, 0.15) is 27.4 Å². The van der Waals surface area contributed by atoms with E-state index in [4.69, 9.17) is 4.74 Å². The van der Waals surface area contributed by atoms with Crippen LogP contribution in [0.3, 0.4) is 0 Å². The van der Waals surface area contributed by atoms with Crippen LogP contribution in [0.4, 0.5) is 5.69 Å². The number of hydrogen-bond donors (Lipinski definition) is 3. The van der Waals surface area contributed by atoms with Gasteiger partial charge in [-0.3, -0.25) is 9.59 Å². The highest BCUT2D eigenvalue weighted by atomic mass is 16.5. The van der Waals surface area contributed by atoms with E-state index >= 15 is 0 Å². The molecule has 0 fully saturated rings. The van der Waals surface area contributed by atoms with E-state index in [1.54, 1.807) is 18.2 Å². The van der Waals surface area contributed by atoms with Gasteiger partial charge in [0, 0.05) is 35.1 Å². The number of H-pyrrole nitrogens is 1. The Labute approximate surface area is 179 Å². The normalized spacial score (nSPS) is 13.7. The molecule has 1 aliphatic rings. The lowest BCUT2D eigenvalue weighted by atomic mass is 9.91. The van der Waals surface area contributed by atoms with Crippen molar-refractivity contribution in [2.45, 2.75) is 5.92 Å². The van der Waals surface area contributed by atoms with E-state index in [1.807, 2.05) is 42.6 Å². The third-order valence-corrected chi connectivity index (χ3v) is 5.54. The zero-order valence-electron chi connectivity index (χ0n) is 16.7. The van der Waals surface area contributed by atoms with E-state index in [2.05, 4.69) is 33.8 Å². The molecule has 1 atom stereocenters. The summed E-state index contributed by atoms with van der Waals surface area (Å²) >= 11 is 0. The number of carbonyl (C=O) groups is 2. The number of benzene rings is 3. The van der Waals surface area contributed by atoms with Crippen molar-refractivity contribution in [1.29, 1.82) is 0 Å². The summed E-state index contributed by atoms with van der Waals surface area (Å²) in [6, 6.07) is 23.4. The van der Waals surface area contributed by atoms with E-state index in [1.165, 1.54) is 0 Å². The highest BCUT2D eigenvalue weighted by Crippen LogP contribution is 2.31. The van der Waals surface area contributed by atoms with Crippen LogP contribution in [0.15, 0.2) is 79.0 Å². The molecule has 0 aliphatic carbocycles. The molecule has 1 aromatic heterocycles. The Hall–Kier alpha value is -4.06. The van der Waals surface area contributed by atoms with Crippen molar-refractivity contribution in [3.8, 4) is 5.75 Å². The van der Waals surface area contributed by atoms with E-state index in [9.17, 15) is 9.59 Å². The van der Waals surface area contributed by atoms with Crippen molar-refractivity contribution < 1.29 is 14.3 Å². The largest absolute Gasteiger partial charge is 0.482 e. The molecule has 2 heterocycles. The number of nitrogens with one attached hydrogen (secondary N) is 3. The SMILES string of the molecule is O=C1COc2cc(C(=O)NC[C@@H](c3ccccc3)c3c[nH]c4ccccc34)ccc2N1. The maximum absolute atomic E-state index is 12.9. The Balaban J connectivity index is 1.40. The Morgan fingerprint density at radius 3 is 2.71 bits per heavy atom. The number of amides is 2. The molecule has 3 aromatic carbocycles. The molecule has 2 amide bonds. The minimum atomic E-state index is -0.200. The topological polar surface area (TPSA) is 83.2 Å². The Kier molecular flexibility index (Phi) is 4.88. The first-order chi connectivity index (χ1) is 15.2. The number of para-hydroxylation sites is 1. The van der Waals surface area contributed by atoms with Crippen molar-refractivity contribution in [2.24, 2.45) is 0 Å². The highest BCUT2D eigenvalue weighted by Gasteiger charge is 2.21. The lowest BCUT2D eigenvalue weighted by Gasteiger charge is -2.20. The first kappa shape index (κ1) is 18.9. The van der Waals surface area contributed by atoms with E-state index in [0.29, 0.717) is 23.5 Å². The maximum atomic E-state index is 12.9. The summed E-state index contributed by atoms with van der Waals surface area (Å²) in [5.74, 6) is 0.108. The molecule has 6 nitrogen and oxygen atoms in total. The minimum absolute atomic E-state index is 0.00512. The summed E-state index contributed by atoms with van der Waals surface area (Å²) in [6.07, 6.45) is 2.02. The van der Waals surface area contributed by atoms with E-state index in [0.717, 1.165) is 22.0 Å². The van der Waals surface area contributed by atoms with Crippen LogP contribution < -0.4 is 15.4 Å².